The van der Waals surface area contributed by atoms with Gasteiger partial charge in [-0.15, -0.1) is 0 Å². The number of rotatable bonds is 8. The Morgan fingerprint density at radius 2 is 2.19 bits per heavy atom. The van der Waals surface area contributed by atoms with Gasteiger partial charge in [0, 0.05) is 12.6 Å². The van der Waals surface area contributed by atoms with Crippen LogP contribution in [0.25, 0.3) is 0 Å². The quantitative estimate of drug-likeness (QED) is 0.666. The summed E-state index contributed by atoms with van der Waals surface area (Å²) in [6, 6.07) is -0.0413. The minimum Gasteiger partial charge on any atom is -0.480 e. The molecule has 0 aromatic heterocycles. The van der Waals surface area contributed by atoms with E-state index in [1.165, 1.54) is 0 Å². The molecule has 2 N–H and O–H groups in total. The molecule has 0 bridgehead atoms. The fourth-order valence-corrected chi connectivity index (χ4v) is 1.37. The third-order valence-corrected chi connectivity index (χ3v) is 3.06. The molecule has 0 radical (unpaired) electrons. The first-order valence-electron chi connectivity index (χ1n) is 6.07. The van der Waals surface area contributed by atoms with Crippen molar-refractivity contribution in [2.45, 2.75) is 64.1 Å². The zero-order valence-electron chi connectivity index (χ0n) is 10.5. The average Bonchev–Trinajstić information content (AvgIpc) is 3.00. The smallest absolute Gasteiger partial charge is 0.320 e. The van der Waals surface area contributed by atoms with E-state index in [1.807, 2.05) is 13.8 Å². The molecule has 1 rings (SSSR count). The average molecular weight is 229 g/mol. The lowest BCUT2D eigenvalue weighted by Crippen LogP contribution is -2.39. The van der Waals surface area contributed by atoms with E-state index in [1.54, 1.807) is 0 Å². The van der Waals surface area contributed by atoms with E-state index in [4.69, 9.17) is 9.84 Å². The van der Waals surface area contributed by atoms with E-state index in [-0.39, 0.29) is 5.60 Å². The van der Waals surface area contributed by atoms with E-state index in [0.717, 1.165) is 19.3 Å². The number of ether oxygens (including phenoxy) is 1. The van der Waals surface area contributed by atoms with E-state index < -0.39 is 12.0 Å². The first-order chi connectivity index (χ1) is 7.44. The largest absolute Gasteiger partial charge is 0.480 e. The van der Waals surface area contributed by atoms with Crippen molar-refractivity contribution < 1.29 is 14.6 Å². The summed E-state index contributed by atoms with van der Waals surface area (Å²) in [6.07, 6.45) is 3.67. The molecule has 0 aromatic carbocycles. The summed E-state index contributed by atoms with van der Waals surface area (Å²) in [4.78, 5) is 11.0. The van der Waals surface area contributed by atoms with Gasteiger partial charge in [0.25, 0.3) is 0 Å². The van der Waals surface area contributed by atoms with Crippen LogP contribution in [-0.2, 0) is 9.53 Å². The first kappa shape index (κ1) is 13.5. The topological polar surface area (TPSA) is 58.6 Å². The highest BCUT2D eigenvalue weighted by atomic mass is 16.5. The van der Waals surface area contributed by atoms with Crippen LogP contribution in [0.1, 0.15) is 46.5 Å². The molecule has 4 nitrogen and oxygen atoms in total. The van der Waals surface area contributed by atoms with E-state index in [9.17, 15) is 4.79 Å². The molecule has 0 aliphatic heterocycles. The molecule has 1 aliphatic rings. The lowest BCUT2D eigenvalue weighted by atomic mass is 10.1. The number of hydrogen-bond donors (Lipinski definition) is 2. The maximum Gasteiger partial charge on any atom is 0.320 e. The van der Waals surface area contributed by atoms with Crippen LogP contribution in [0.3, 0.4) is 0 Å². The number of nitrogens with one attached hydrogen (secondary N) is 1. The minimum absolute atomic E-state index is 0.150. The molecule has 0 aromatic rings. The summed E-state index contributed by atoms with van der Waals surface area (Å²) in [5.74, 6) is -0.773. The SMILES string of the molecule is CCC(C)(C)OCCC(NC1CC1)C(=O)O. The minimum atomic E-state index is -0.773. The highest BCUT2D eigenvalue weighted by Gasteiger charge is 2.28. The fraction of sp³-hybridized carbons (Fsp3) is 0.917. The van der Waals surface area contributed by atoms with Crippen molar-refractivity contribution in [3.63, 3.8) is 0 Å². The van der Waals surface area contributed by atoms with Gasteiger partial charge in [-0.2, -0.15) is 0 Å². The summed E-state index contributed by atoms with van der Waals surface area (Å²) in [6.45, 7) is 6.61. The Labute approximate surface area is 97.4 Å². The molecular formula is C12H23NO3. The summed E-state index contributed by atoms with van der Waals surface area (Å²) in [5, 5.41) is 12.1. The van der Waals surface area contributed by atoms with Crippen LogP contribution < -0.4 is 5.32 Å². The highest BCUT2D eigenvalue weighted by Crippen LogP contribution is 2.20. The van der Waals surface area contributed by atoms with Crippen LogP contribution in [0.4, 0.5) is 0 Å². The fourth-order valence-electron chi connectivity index (χ4n) is 1.37. The van der Waals surface area contributed by atoms with Crippen molar-refractivity contribution in [1.82, 2.24) is 5.32 Å². The van der Waals surface area contributed by atoms with Gasteiger partial charge in [-0.3, -0.25) is 4.79 Å². The number of aliphatic carboxylic acids is 1. The number of carboxylic acids is 1. The molecule has 4 heteroatoms. The Hall–Kier alpha value is -0.610. The van der Waals surface area contributed by atoms with Gasteiger partial charge < -0.3 is 15.2 Å². The van der Waals surface area contributed by atoms with Crippen LogP contribution in [0, 0.1) is 0 Å². The van der Waals surface area contributed by atoms with Gasteiger partial charge >= 0.3 is 5.97 Å². The van der Waals surface area contributed by atoms with Crippen molar-refractivity contribution in [3.8, 4) is 0 Å². The standard InChI is InChI=1S/C12H23NO3/c1-4-12(2,3)16-8-7-10(11(14)15)13-9-5-6-9/h9-10,13H,4-8H2,1-3H3,(H,14,15). The molecule has 0 heterocycles. The Morgan fingerprint density at radius 3 is 2.62 bits per heavy atom. The molecule has 1 aliphatic carbocycles. The van der Waals surface area contributed by atoms with Crippen LogP contribution in [0.2, 0.25) is 0 Å². The highest BCUT2D eigenvalue weighted by molar-refractivity contribution is 5.73. The Balaban J connectivity index is 2.23. The van der Waals surface area contributed by atoms with Crippen LogP contribution in [-0.4, -0.2) is 35.4 Å². The van der Waals surface area contributed by atoms with E-state index in [2.05, 4.69) is 12.2 Å². The number of carboxylic acid groups (broad SMARTS) is 1. The van der Waals surface area contributed by atoms with Gasteiger partial charge in [-0.05, 0) is 39.5 Å². The van der Waals surface area contributed by atoms with Gasteiger partial charge in [0.15, 0.2) is 0 Å². The van der Waals surface area contributed by atoms with Crippen molar-refractivity contribution in [1.29, 1.82) is 0 Å². The zero-order chi connectivity index (χ0) is 12.2. The molecule has 16 heavy (non-hydrogen) atoms. The van der Waals surface area contributed by atoms with Crippen LogP contribution in [0.15, 0.2) is 0 Å². The second-order valence-electron chi connectivity index (χ2n) is 5.08. The molecule has 94 valence electrons. The lowest BCUT2D eigenvalue weighted by Gasteiger charge is -2.24. The van der Waals surface area contributed by atoms with Crippen molar-refractivity contribution in [3.05, 3.63) is 0 Å². The molecule has 0 amide bonds. The van der Waals surface area contributed by atoms with Crippen molar-refractivity contribution in [2.75, 3.05) is 6.61 Å². The molecule has 1 fully saturated rings. The second kappa shape index (κ2) is 5.64. The lowest BCUT2D eigenvalue weighted by molar-refractivity contribution is -0.140. The van der Waals surface area contributed by atoms with Crippen LogP contribution >= 0.6 is 0 Å². The van der Waals surface area contributed by atoms with Gasteiger partial charge in [0.05, 0.1) is 5.60 Å². The predicted molar refractivity (Wildman–Crippen MR) is 62.5 cm³/mol. The zero-order valence-corrected chi connectivity index (χ0v) is 10.5. The molecular weight excluding hydrogens is 206 g/mol. The molecule has 0 spiro atoms. The first-order valence-corrected chi connectivity index (χ1v) is 6.07. The normalized spacial score (nSPS) is 18.4. The molecule has 1 atom stereocenters. The third-order valence-electron chi connectivity index (χ3n) is 3.06. The monoisotopic (exact) mass is 229 g/mol. The molecule has 1 saturated carbocycles. The molecule has 0 saturated heterocycles. The van der Waals surface area contributed by atoms with Crippen LogP contribution in [0.5, 0.6) is 0 Å². The summed E-state index contributed by atoms with van der Waals surface area (Å²) in [5.41, 5.74) is -0.150. The number of hydrogen-bond acceptors (Lipinski definition) is 3. The summed E-state index contributed by atoms with van der Waals surface area (Å²) < 4.78 is 5.66. The predicted octanol–water partition coefficient (Wildman–Crippen LogP) is 1.79. The van der Waals surface area contributed by atoms with E-state index >= 15 is 0 Å². The summed E-state index contributed by atoms with van der Waals surface area (Å²) >= 11 is 0. The maximum atomic E-state index is 11.0. The van der Waals surface area contributed by atoms with Crippen molar-refractivity contribution >= 4 is 5.97 Å². The molecule has 1 unspecified atom stereocenters. The second-order valence-corrected chi connectivity index (χ2v) is 5.08. The summed E-state index contributed by atoms with van der Waals surface area (Å²) in [7, 11) is 0. The van der Waals surface area contributed by atoms with Crippen molar-refractivity contribution in [2.24, 2.45) is 0 Å². The Kier molecular flexibility index (Phi) is 4.74. The third kappa shape index (κ3) is 4.94. The van der Waals surface area contributed by atoms with Gasteiger partial charge in [-0.25, -0.2) is 0 Å². The Bertz CT molecular complexity index is 236. The number of carbonyl (C=O) groups is 1. The van der Waals surface area contributed by atoms with Gasteiger partial charge in [-0.1, -0.05) is 6.92 Å². The van der Waals surface area contributed by atoms with Gasteiger partial charge in [0.2, 0.25) is 0 Å². The Morgan fingerprint density at radius 1 is 1.56 bits per heavy atom. The maximum absolute atomic E-state index is 11.0. The van der Waals surface area contributed by atoms with E-state index in [0.29, 0.717) is 19.1 Å². The van der Waals surface area contributed by atoms with Gasteiger partial charge in [0.1, 0.15) is 6.04 Å².